The summed E-state index contributed by atoms with van der Waals surface area (Å²) < 4.78 is 2.39. The van der Waals surface area contributed by atoms with E-state index < -0.39 is 0 Å². The Bertz CT molecular complexity index is 322. The van der Waals surface area contributed by atoms with Crippen molar-refractivity contribution in [3.05, 3.63) is 35.4 Å². The van der Waals surface area contributed by atoms with Crippen LogP contribution in [0.1, 0.15) is 30.9 Å². The third-order valence-corrected chi connectivity index (χ3v) is 3.73. The van der Waals surface area contributed by atoms with E-state index in [9.17, 15) is 0 Å². The van der Waals surface area contributed by atoms with Crippen LogP contribution in [0.2, 0.25) is 0 Å². The molecular weight excluding hydrogens is 285 g/mol. The van der Waals surface area contributed by atoms with Crippen molar-refractivity contribution in [1.29, 1.82) is 0 Å². The molecule has 0 spiro atoms. The van der Waals surface area contributed by atoms with Crippen LogP contribution in [0.4, 0.5) is 0 Å². The molecule has 0 saturated heterocycles. The SMILES string of the molecule is CC(C)C1CN(I)Cc2ccccc21. The molecule has 0 radical (unpaired) electrons. The van der Waals surface area contributed by atoms with E-state index in [1.807, 2.05) is 0 Å². The van der Waals surface area contributed by atoms with E-state index >= 15 is 0 Å². The van der Waals surface area contributed by atoms with E-state index in [0.717, 1.165) is 12.5 Å². The third-order valence-electron chi connectivity index (χ3n) is 3.00. The van der Waals surface area contributed by atoms with Gasteiger partial charge in [0.1, 0.15) is 0 Å². The van der Waals surface area contributed by atoms with Crippen LogP contribution in [0.15, 0.2) is 24.3 Å². The molecule has 0 aliphatic carbocycles. The van der Waals surface area contributed by atoms with Gasteiger partial charge < -0.3 is 0 Å². The van der Waals surface area contributed by atoms with E-state index in [4.69, 9.17) is 0 Å². The van der Waals surface area contributed by atoms with E-state index in [-0.39, 0.29) is 0 Å². The van der Waals surface area contributed by atoms with Crippen LogP contribution >= 0.6 is 22.9 Å². The van der Waals surface area contributed by atoms with E-state index in [0.29, 0.717) is 5.92 Å². The Balaban J connectivity index is 2.38. The lowest BCUT2D eigenvalue weighted by molar-refractivity contribution is 0.361. The molecule has 0 amide bonds. The summed E-state index contributed by atoms with van der Waals surface area (Å²) in [5.74, 6) is 1.44. The summed E-state index contributed by atoms with van der Waals surface area (Å²) in [6, 6.07) is 8.86. The topological polar surface area (TPSA) is 3.24 Å². The molecule has 76 valence electrons. The molecule has 0 aromatic heterocycles. The number of hydrogen-bond donors (Lipinski definition) is 0. The molecule has 1 nitrogen and oxygen atoms in total. The molecule has 1 aromatic rings. The van der Waals surface area contributed by atoms with Gasteiger partial charge in [-0.3, -0.25) is 0 Å². The minimum absolute atomic E-state index is 0.705. The fraction of sp³-hybridized carbons (Fsp3) is 0.500. The largest absolute Gasteiger partial charge is 0.243 e. The van der Waals surface area contributed by atoms with Crippen LogP contribution in [0.5, 0.6) is 0 Å². The predicted octanol–water partition coefficient (Wildman–Crippen LogP) is 3.59. The highest BCUT2D eigenvalue weighted by molar-refractivity contribution is 14.1. The monoisotopic (exact) mass is 301 g/mol. The van der Waals surface area contributed by atoms with Crippen molar-refractivity contribution in [2.45, 2.75) is 26.3 Å². The maximum Gasteiger partial charge on any atom is 0.0335 e. The minimum Gasteiger partial charge on any atom is -0.243 e. The minimum atomic E-state index is 0.705. The normalized spacial score (nSPS) is 22.4. The molecule has 2 rings (SSSR count). The highest BCUT2D eigenvalue weighted by Crippen LogP contribution is 2.34. The number of fused-ring (bicyclic) bond motifs is 1. The molecule has 0 N–H and O–H groups in total. The van der Waals surface area contributed by atoms with Gasteiger partial charge in [0.05, 0.1) is 0 Å². The Morgan fingerprint density at radius 1 is 1.36 bits per heavy atom. The third kappa shape index (κ3) is 1.96. The Labute approximate surface area is 100.0 Å². The first-order chi connectivity index (χ1) is 6.68. The zero-order valence-electron chi connectivity index (χ0n) is 8.70. The van der Waals surface area contributed by atoms with Crippen LogP contribution in [0.3, 0.4) is 0 Å². The van der Waals surface area contributed by atoms with Gasteiger partial charge >= 0.3 is 0 Å². The Hall–Kier alpha value is -0.0900. The Morgan fingerprint density at radius 3 is 2.79 bits per heavy atom. The van der Waals surface area contributed by atoms with Crippen LogP contribution in [0, 0.1) is 5.92 Å². The van der Waals surface area contributed by atoms with Crippen LogP contribution in [-0.4, -0.2) is 9.66 Å². The highest BCUT2D eigenvalue weighted by Gasteiger charge is 2.25. The summed E-state index contributed by atoms with van der Waals surface area (Å²) in [6.07, 6.45) is 0. The zero-order chi connectivity index (χ0) is 10.1. The summed E-state index contributed by atoms with van der Waals surface area (Å²) in [6.45, 7) is 6.92. The number of nitrogens with zero attached hydrogens (tertiary/aromatic N) is 1. The van der Waals surface area contributed by atoms with Gasteiger partial charge in [0, 0.05) is 41.9 Å². The quantitative estimate of drug-likeness (QED) is 0.566. The first-order valence-corrected chi connectivity index (χ1v) is 6.13. The maximum atomic E-state index is 2.44. The lowest BCUT2D eigenvalue weighted by atomic mass is 9.83. The average molecular weight is 301 g/mol. The van der Waals surface area contributed by atoms with Gasteiger partial charge in [0.25, 0.3) is 0 Å². The predicted molar refractivity (Wildman–Crippen MR) is 68.5 cm³/mol. The van der Waals surface area contributed by atoms with Gasteiger partial charge in [0.2, 0.25) is 0 Å². The Kier molecular flexibility index (Phi) is 3.12. The summed E-state index contributed by atoms with van der Waals surface area (Å²) >= 11 is 2.44. The summed E-state index contributed by atoms with van der Waals surface area (Å²) in [5, 5.41) is 0. The first kappa shape index (κ1) is 10.4. The number of rotatable bonds is 1. The number of benzene rings is 1. The number of halogens is 1. The lowest BCUT2D eigenvalue weighted by Gasteiger charge is -2.33. The molecule has 2 heteroatoms. The van der Waals surface area contributed by atoms with Crippen molar-refractivity contribution in [3.63, 3.8) is 0 Å². The molecule has 0 bridgehead atoms. The van der Waals surface area contributed by atoms with Crippen LogP contribution in [0.25, 0.3) is 0 Å². The fourth-order valence-corrected chi connectivity index (χ4v) is 2.96. The van der Waals surface area contributed by atoms with Gasteiger partial charge in [-0.2, -0.15) is 0 Å². The van der Waals surface area contributed by atoms with E-state index in [2.05, 4.69) is 64.1 Å². The Morgan fingerprint density at radius 2 is 2.07 bits per heavy atom. The van der Waals surface area contributed by atoms with Crippen LogP contribution < -0.4 is 0 Å². The van der Waals surface area contributed by atoms with Crippen molar-refractivity contribution in [2.24, 2.45) is 5.92 Å². The lowest BCUT2D eigenvalue weighted by Crippen LogP contribution is -2.29. The van der Waals surface area contributed by atoms with Crippen molar-refractivity contribution in [2.75, 3.05) is 6.54 Å². The second-order valence-electron chi connectivity index (χ2n) is 4.35. The summed E-state index contributed by atoms with van der Waals surface area (Å²) in [5.41, 5.74) is 3.07. The second-order valence-corrected chi connectivity index (χ2v) is 5.72. The summed E-state index contributed by atoms with van der Waals surface area (Å²) in [7, 11) is 0. The maximum absolute atomic E-state index is 2.44. The van der Waals surface area contributed by atoms with Crippen molar-refractivity contribution in [1.82, 2.24) is 3.11 Å². The molecule has 0 saturated carbocycles. The first-order valence-electron chi connectivity index (χ1n) is 5.17. The highest BCUT2D eigenvalue weighted by atomic mass is 127. The van der Waals surface area contributed by atoms with Gasteiger partial charge in [-0.05, 0) is 17.0 Å². The van der Waals surface area contributed by atoms with E-state index in [1.165, 1.54) is 12.1 Å². The van der Waals surface area contributed by atoms with Crippen LogP contribution in [-0.2, 0) is 6.54 Å². The van der Waals surface area contributed by atoms with Gasteiger partial charge in [-0.25, -0.2) is 3.11 Å². The molecule has 1 aromatic carbocycles. The average Bonchev–Trinajstić information content (AvgIpc) is 2.16. The molecule has 1 unspecified atom stereocenters. The van der Waals surface area contributed by atoms with Crippen molar-refractivity contribution in [3.8, 4) is 0 Å². The molecule has 14 heavy (non-hydrogen) atoms. The van der Waals surface area contributed by atoms with Crippen molar-refractivity contribution >= 4 is 22.9 Å². The standard InChI is InChI=1S/C12H16IN/c1-9(2)12-8-14(13)7-10-5-3-4-6-11(10)12/h3-6,9,12H,7-8H2,1-2H3. The molecular formula is C12H16IN. The second kappa shape index (κ2) is 4.19. The molecule has 1 atom stereocenters. The van der Waals surface area contributed by atoms with E-state index in [1.54, 1.807) is 5.56 Å². The van der Waals surface area contributed by atoms with Crippen molar-refractivity contribution < 1.29 is 0 Å². The zero-order valence-corrected chi connectivity index (χ0v) is 10.9. The molecule has 1 aliphatic heterocycles. The van der Waals surface area contributed by atoms with Gasteiger partial charge in [0.15, 0.2) is 0 Å². The van der Waals surface area contributed by atoms with Gasteiger partial charge in [-0.1, -0.05) is 38.1 Å². The number of hydrogen-bond acceptors (Lipinski definition) is 1. The smallest absolute Gasteiger partial charge is 0.0335 e. The molecule has 0 fully saturated rings. The molecule has 1 aliphatic rings. The fourth-order valence-electron chi connectivity index (χ4n) is 2.17. The van der Waals surface area contributed by atoms with Gasteiger partial charge in [-0.15, -0.1) is 0 Å². The molecule has 1 heterocycles. The summed E-state index contributed by atoms with van der Waals surface area (Å²) in [4.78, 5) is 0.